The maximum absolute atomic E-state index is 12.4. The first-order valence-electron chi connectivity index (χ1n) is 4.83. The molecule has 0 spiro atoms. The van der Waals surface area contributed by atoms with Gasteiger partial charge in [-0.05, 0) is 12.1 Å². The van der Waals surface area contributed by atoms with Crippen LogP contribution in [0.4, 0.5) is 26.3 Å². The maximum atomic E-state index is 12.4. The number of hydrogen-bond donors (Lipinski definition) is 0. The Hall–Kier alpha value is 3.40. The second-order valence-electron chi connectivity index (χ2n) is 3.27. The van der Waals surface area contributed by atoms with Crippen LogP contribution in [0.15, 0.2) is 24.3 Å². The van der Waals surface area contributed by atoms with Gasteiger partial charge in [0.1, 0.15) is 0 Å². The molecule has 0 aliphatic heterocycles. The van der Waals surface area contributed by atoms with Gasteiger partial charge < -0.3 is 19.3 Å². The molecule has 1 aromatic carbocycles. The number of rotatable bonds is 2. The van der Waals surface area contributed by atoms with Gasteiger partial charge in [0, 0.05) is 0 Å². The van der Waals surface area contributed by atoms with Crippen LogP contribution in [0.3, 0.4) is 0 Å². The fraction of sp³-hybridized carbons (Fsp3) is 0.250. The molecule has 0 amide bonds. The van der Waals surface area contributed by atoms with Crippen molar-refractivity contribution in [1.82, 2.24) is 0 Å². The molecule has 0 aromatic heterocycles. The third kappa shape index (κ3) is 14.9. The van der Waals surface area contributed by atoms with E-state index in [0.717, 1.165) is 12.1 Å². The molecule has 0 bridgehead atoms. The molecule has 0 aliphatic carbocycles. The molecule has 1 rings (SSSR count). The van der Waals surface area contributed by atoms with E-state index in [-0.39, 0.29) is 154 Å². The van der Waals surface area contributed by atoms with Crippen LogP contribution in [0.2, 0.25) is 0 Å². The molecule has 6 nitrogen and oxygen atoms in total. The van der Waals surface area contributed by atoms with Crippen LogP contribution in [-0.4, -0.2) is 21.2 Å². The van der Waals surface area contributed by atoms with Gasteiger partial charge in [0.2, 0.25) is 0 Å². The smallest absolute Gasteiger partial charge is 0.907 e. The van der Waals surface area contributed by atoms with Crippen molar-refractivity contribution in [3.05, 3.63) is 29.8 Å². The first-order chi connectivity index (χ1) is 9.68. The quantitative estimate of drug-likeness (QED) is 0.184. The van der Waals surface area contributed by atoms with Crippen LogP contribution < -0.4 is 173 Å². The van der Waals surface area contributed by atoms with Crippen molar-refractivity contribution < 1.29 is 208 Å². The molecule has 0 fully saturated rings. The summed E-state index contributed by atoms with van der Waals surface area (Å²) in [5, 5.41) is 25.2. The zero-order chi connectivity index (χ0) is 17.8. The first-order valence-corrected chi connectivity index (χ1v) is 6.23. The van der Waals surface area contributed by atoms with Crippen LogP contribution in [0.25, 0.3) is 0 Å². The van der Waals surface area contributed by atoms with Gasteiger partial charge in [0.25, 0.3) is 0 Å². The summed E-state index contributed by atoms with van der Waals surface area (Å²) >= 11 is 0. The minimum absolute atomic E-state index is 0. The summed E-state index contributed by atoms with van der Waals surface area (Å²) in [6, 6.07) is 2.68. The van der Waals surface area contributed by atoms with Crippen molar-refractivity contribution in [3.8, 4) is 5.75 Å². The van der Waals surface area contributed by atoms with E-state index in [9.17, 15) is 34.8 Å². The molecule has 0 heterocycles. The van der Waals surface area contributed by atoms with Crippen molar-refractivity contribution >= 4 is 17.4 Å². The molecule has 0 N–H and O–H groups in total. The molecule has 0 atom stereocenters. The average Bonchev–Trinajstić information content (AvgIpc) is 2.25. The number of alkyl halides is 6. The van der Waals surface area contributed by atoms with Gasteiger partial charge in [-0.3, -0.25) is 7.32 Å². The summed E-state index contributed by atoms with van der Waals surface area (Å²) in [6.07, 6.45) is -5.03. The number of hydrogen-bond acceptors (Lipinski definition) is 6. The van der Waals surface area contributed by atoms with Crippen molar-refractivity contribution in [1.29, 1.82) is 0 Å². The van der Waals surface area contributed by atoms with Crippen molar-refractivity contribution in [2.24, 2.45) is 0 Å². The predicted molar refractivity (Wildman–Crippen MR) is 52.8 cm³/mol. The van der Waals surface area contributed by atoms with Crippen molar-refractivity contribution in [3.63, 3.8) is 0 Å². The largest absolute Gasteiger partial charge is 1.00 e. The Kier molecular flexibility index (Phi) is 21.8. The van der Waals surface area contributed by atoms with E-state index in [0.29, 0.717) is 12.1 Å². The van der Waals surface area contributed by atoms with Gasteiger partial charge in [-0.25, -0.2) is 0 Å². The van der Waals surface area contributed by atoms with E-state index < -0.39 is 40.4 Å². The molecule has 0 unspecified atom stereocenters. The van der Waals surface area contributed by atoms with Crippen LogP contribution in [-0.2, 0) is 16.3 Å². The van der Waals surface area contributed by atoms with Crippen LogP contribution in [0, 0.1) is 0 Å². The Bertz CT molecular complexity index is 594. The van der Waals surface area contributed by atoms with E-state index in [4.69, 9.17) is 15.1 Å². The predicted octanol–water partition coefficient (Wildman–Crippen LogP) is -10.0. The van der Waals surface area contributed by atoms with Gasteiger partial charge in [0.05, 0.1) is 5.56 Å². The Morgan fingerprint density at radius 3 is 1.56 bits per heavy atom. The second-order valence-corrected chi connectivity index (χ2v) is 4.80. The van der Waals surface area contributed by atoms with Crippen LogP contribution in [0.5, 0.6) is 5.75 Å². The summed E-state index contributed by atoms with van der Waals surface area (Å²) in [6.45, 7) is 0. The minimum Gasteiger partial charge on any atom is -0.907 e. The Morgan fingerprint density at radius 1 is 0.880 bits per heavy atom. The SMILES string of the molecule is O=S(=O)(Oc1ccccc1C(F)(F)F)C(F)(F)F.[K+].[K+].[K+].[O-]B([O-])[O-]. The summed E-state index contributed by atoms with van der Waals surface area (Å²) in [7, 11) is -9.05. The van der Waals surface area contributed by atoms with E-state index in [2.05, 4.69) is 4.18 Å². The topological polar surface area (TPSA) is 113 Å². The fourth-order valence-corrected chi connectivity index (χ4v) is 1.42. The molecular formula is C8H4BF6K3O6S. The summed E-state index contributed by atoms with van der Waals surface area (Å²) in [4.78, 5) is 0. The van der Waals surface area contributed by atoms with Crippen LogP contribution in [0.1, 0.15) is 5.56 Å². The third-order valence-electron chi connectivity index (χ3n) is 1.68. The normalized spacial score (nSPS) is 10.8. The molecule has 17 heteroatoms. The summed E-state index contributed by atoms with van der Waals surface area (Å²) in [5.41, 5.74) is -7.41. The molecule has 0 saturated carbocycles. The summed E-state index contributed by atoms with van der Waals surface area (Å²) in [5.74, 6) is -1.43. The number of para-hydroxylation sites is 1. The Morgan fingerprint density at radius 2 is 1.24 bits per heavy atom. The Labute approximate surface area is 266 Å². The standard InChI is InChI=1S/C8H4F6O3S.BO3.3K/c9-7(10,11)5-3-1-2-4-6(5)17-18(15,16)8(12,13)14;2-1(3)4;;;/h1-4H;;;;/q;-3;3*+1. The van der Waals surface area contributed by atoms with E-state index in [1.807, 2.05) is 0 Å². The Balaban J connectivity index is -0.000000285. The van der Waals surface area contributed by atoms with Crippen molar-refractivity contribution in [2.75, 3.05) is 0 Å². The molecule has 25 heavy (non-hydrogen) atoms. The van der Waals surface area contributed by atoms with Gasteiger partial charge >= 0.3 is 176 Å². The second kappa shape index (κ2) is 15.2. The zero-order valence-electron chi connectivity index (χ0n) is 13.0. The molecule has 0 saturated heterocycles. The van der Waals surface area contributed by atoms with Gasteiger partial charge in [-0.2, -0.15) is 34.8 Å². The minimum atomic E-state index is -6.13. The molecule has 0 radical (unpaired) electrons. The number of benzene rings is 1. The zero-order valence-corrected chi connectivity index (χ0v) is 23.2. The van der Waals surface area contributed by atoms with E-state index in [1.165, 1.54) is 0 Å². The fourth-order valence-electron chi connectivity index (χ4n) is 0.939. The molecule has 1 aromatic rings. The maximum Gasteiger partial charge on any atom is 1.00 e. The van der Waals surface area contributed by atoms with Gasteiger partial charge in [-0.15, -0.1) is 0 Å². The monoisotopic (exact) mass is 470 g/mol. The molecular weight excluding hydrogens is 466 g/mol. The summed E-state index contributed by atoms with van der Waals surface area (Å²) < 4.78 is 97.6. The number of halogens is 6. The van der Waals surface area contributed by atoms with E-state index in [1.54, 1.807) is 0 Å². The third-order valence-corrected chi connectivity index (χ3v) is 2.64. The van der Waals surface area contributed by atoms with Crippen molar-refractivity contribution in [2.45, 2.75) is 11.7 Å². The van der Waals surface area contributed by atoms with Gasteiger partial charge in [-0.1, -0.05) is 12.1 Å². The van der Waals surface area contributed by atoms with E-state index >= 15 is 0 Å². The first kappa shape index (κ1) is 35.8. The molecule has 0 aliphatic rings. The van der Waals surface area contributed by atoms with Gasteiger partial charge in [0.15, 0.2) is 5.75 Å². The molecule has 126 valence electrons. The van der Waals surface area contributed by atoms with Crippen LogP contribution >= 0.6 is 0 Å². The average molecular weight is 470 g/mol.